The van der Waals surface area contributed by atoms with Crippen molar-refractivity contribution in [3.63, 3.8) is 0 Å². The van der Waals surface area contributed by atoms with E-state index in [2.05, 4.69) is 5.10 Å². The summed E-state index contributed by atoms with van der Waals surface area (Å²) < 4.78 is 25.3. The Kier molecular flexibility index (Phi) is 5.24. The maximum atomic E-state index is 12.7. The average Bonchev–Trinajstić information content (AvgIpc) is 3.14. The number of aryl methyl sites for hydroxylation is 1. The van der Waals surface area contributed by atoms with Gasteiger partial charge in [-0.1, -0.05) is 6.07 Å². The van der Waals surface area contributed by atoms with E-state index in [-0.39, 0.29) is 41.3 Å². The van der Waals surface area contributed by atoms with Crippen molar-refractivity contribution in [2.24, 2.45) is 0 Å². The summed E-state index contributed by atoms with van der Waals surface area (Å²) in [5.41, 5.74) is 2.52. The monoisotopic (exact) mass is 406 g/mol. The van der Waals surface area contributed by atoms with Crippen molar-refractivity contribution >= 4 is 21.4 Å². The predicted octanol–water partition coefficient (Wildman–Crippen LogP) is 2.04. The van der Waals surface area contributed by atoms with Crippen LogP contribution in [0, 0.1) is 24.0 Å². The summed E-state index contributed by atoms with van der Waals surface area (Å²) in [4.78, 5) is 24.6. The first kappa shape index (κ1) is 20.0. The fourth-order valence-electron chi connectivity index (χ4n) is 3.53. The van der Waals surface area contributed by atoms with Gasteiger partial charge in [0.05, 0.1) is 28.2 Å². The van der Waals surface area contributed by atoms with Crippen molar-refractivity contribution < 1.29 is 18.1 Å². The number of aromatic nitrogens is 2. The third kappa shape index (κ3) is 3.91. The fourth-order valence-corrected chi connectivity index (χ4v) is 5.22. The van der Waals surface area contributed by atoms with Crippen LogP contribution >= 0.6 is 0 Å². The molecule has 0 saturated carbocycles. The number of nitro groups is 1. The number of non-ortho nitro benzene ring substituents is 1. The Bertz CT molecular complexity index is 1040. The Balaban J connectivity index is 1.81. The maximum Gasteiger partial charge on any atom is 0.270 e. The SMILES string of the molecule is Cc1nn(C2CCS(=O)(=O)C2)c(C)c1CN(C)C(=O)c1cccc([N+](=O)[O-])c1. The maximum absolute atomic E-state index is 12.7. The van der Waals surface area contributed by atoms with Crippen molar-refractivity contribution in [1.29, 1.82) is 0 Å². The normalized spacial score (nSPS) is 18.2. The summed E-state index contributed by atoms with van der Waals surface area (Å²) in [5, 5.41) is 15.4. The van der Waals surface area contributed by atoms with Crippen LogP contribution in [-0.4, -0.2) is 52.5 Å². The highest BCUT2D eigenvalue weighted by Crippen LogP contribution is 2.27. The standard InChI is InChI=1S/C18H22N4O5S/c1-12-17(13(2)21(19-12)16-7-8-28(26,27)11-16)10-20(3)18(23)14-5-4-6-15(9-14)22(24)25/h4-6,9,16H,7-8,10-11H2,1-3H3. The van der Waals surface area contributed by atoms with Gasteiger partial charge in [0, 0.05) is 42.5 Å². The predicted molar refractivity (Wildman–Crippen MR) is 103 cm³/mol. The first-order valence-corrected chi connectivity index (χ1v) is 10.7. The molecular formula is C18H22N4O5S. The van der Waals surface area contributed by atoms with E-state index in [1.807, 2.05) is 13.8 Å². The van der Waals surface area contributed by atoms with Gasteiger partial charge in [-0.25, -0.2) is 8.42 Å². The summed E-state index contributed by atoms with van der Waals surface area (Å²) in [5.74, 6) is -0.0911. The minimum absolute atomic E-state index is 0.0802. The van der Waals surface area contributed by atoms with Crippen LogP contribution in [0.1, 0.15) is 39.8 Å². The number of benzene rings is 1. The molecule has 0 radical (unpaired) electrons. The number of carbonyl (C=O) groups excluding carboxylic acids is 1. The van der Waals surface area contributed by atoms with Gasteiger partial charge >= 0.3 is 0 Å². The zero-order valence-corrected chi connectivity index (χ0v) is 16.8. The molecule has 0 aliphatic carbocycles. The molecule has 9 nitrogen and oxygen atoms in total. The number of sulfone groups is 1. The zero-order chi connectivity index (χ0) is 20.6. The molecule has 0 N–H and O–H groups in total. The van der Waals surface area contributed by atoms with Crippen LogP contribution in [0.15, 0.2) is 24.3 Å². The van der Waals surface area contributed by atoms with Crippen LogP contribution in [0.4, 0.5) is 5.69 Å². The summed E-state index contributed by atoms with van der Waals surface area (Å²) >= 11 is 0. The van der Waals surface area contributed by atoms with Gasteiger partial charge in [-0.2, -0.15) is 5.10 Å². The number of amides is 1. The third-order valence-corrected chi connectivity index (χ3v) is 6.83. The molecule has 1 atom stereocenters. The molecule has 2 heterocycles. The van der Waals surface area contributed by atoms with E-state index < -0.39 is 14.8 Å². The molecular weight excluding hydrogens is 384 g/mol. The van der Waals surface area contributed by atoms with Crippen LogP contribution in [0.2, 0.25) is 0 Å². The lowest BCUT2D eigenvalue weighted by Gasteiger charge is -2.18. The quantitative estimate of drug-likeness (QED) is 0.554. The largest absolute Gasteiger partial charge is 0.337 e. The van der Waals surface area contributed by atoms with Gasteiger partial charge in [0.2, 0.25) is 0 Å². The number of nitrogens with zero attached hydrogens (tertiary/aromatic N) is 4. The van der Waals surface area contributed by atoms with E-state index in [9.17, 15) is 23.3 Å². The van der Waals surface area contributed by atoms with Gasteiger partial charge in [0.1, 0.15) is 0 Å². The molecule has 150 valence electrons. The number of rotatable bonds is 5. The molecule has 0 spiro atoms. The zero-order valence-electron chi connectivity index (χ0n) is 16.0. The second-order valence-corrected chi connectivity index (χ2v) is 9.35. The molecule has 2 aromatic rings. The minimum atomic E-state index is -3.03. The van der Waals surface area contributed by atoms with Gasteiger partial charge in [0.25, 0.3) is 11.6 Å². The summed E-state index contributed by atoms with van der Waals surface area (Å²) in [7, 11) is -1.41. The van der Waals surface area contributed by atoms with Crippen molar-refractivity contribution in [2.45, 2.75) is 32.9 Å². The number of nitro benzene ring substituents is 1. The number of hydrogen-bond acceptors (Lipinski definition) is 6. The minimum Gasteiger partial charge on any atom is -0.337 e. The summed E-state index contributed by atoms with van der Waals surface area (Å²) in [6.45, 7) is 3.97. The highest BCUT2D eigenvalue weighted by molar-refractivity contribution is 7.91. The summed E-state index contributed by atoms with van der Waals surface area (Å²) in [6, 6.07) is 5.43. The lowest BCUT2D eigenvalue weighted by Crippen LogP contribution is -2.26. The van der Waals surface area contributed by atoms with E-state index in [1.165, 1.54) is 23.1 Å². The van der Waals surface area contributed by atoms with Crippen molar-refractivity contribution in [3.05, 3.63) is 56.9 Å². The number of hydrogen-bond donors (Lipinski definition) is 0. The van der Waals surface area contributed by atoms with E-state index in [4.69, 9.17) is 0 Å². The second kappa shape index (κ2) is 7.34. The molecule has 1 fully saturated rings. The molecule has 1 aliphatic rings. The molecule has 0 bridgehead atoms. The highest BCUT2D eigenvalue weighted by atomic mass is 32.2. The molecule has 1 saturated heterocycles. The lowest BCUT2D eigenvalue weighted by atomic mass is 10.1. The smallest absolute Gasteiger partial charge is 0.270 e. The molecule has 10 heteroatoms. The van der Waals surface area contributed by atoms with Crippen molar-refractivity contribution in [2.75, 3.05) is 18.6 Å². The van der Waals surface area contributed by atoms with Crippen LogP contribution < -0.4 is 0 Å². The molecule has 3 rings (SSSR count). The van der Waals surface area contributed by atoms with Crippen LogP contribution in [0.3, 0.4) is 0 Å². The van der Waals surface area contributed by atoms with Crippen molar-refractivity contribution in [1.82, 2.24) is 14.7 Å². The molecule has 1 aromatic carbocycles. The van der Waals surface area contributed by atoms with Crippen LogP contribution in [-0.2, 0) is 16.4 Å². The topological polar surface area (TPSA) is 115 Å². The van der Waals surface area contributed by atoms with Gasteiger partial charge in [-0.05, 0) is 26.3 Å². The molecule has 28 heavy (non-hydrogen) atoms. The first-order chi connectivity index (χ1) is 13.1. The Morgan fingerprint density at radius 1 is 1.39 bits per heavy atom. The van der Waals surface area contributed by atoms with Gasteiger partial charge in [-0.3, -0.25) is 19.6 Å². The first-order valence-electron chi connectivity index (χ1n) is 8.84. The average molecular weight is 406 g/mol. The Morgan fingerprint density at radius 3 is 2.71 bits per heavy atom. The highest BCUT2D eigenvalue weighted by Gasteiger charge is 2.31. The van der Waals surface area contributed by atoms with Gasteiger partial charge in [-0.15, -0.1) is 0 Å². The van der Waals surface area contributed by atoms with E-state index in [0.29, 0.717) is 6.42 Å². The van der Waals surface area contributed by atoms with E-state index in [0.717, 1.165) is 17.0 Å². The fraction of sp³-hybridized carbons (Fsp3) is 0.444. The molecule has 1 unspecified atom stereocenters. The molecule has 1 aromatic heterocycles. The Labute approximate surface area is 163 Å². The Morgan fingerprint density at radius 2 is 2.11 bits per heavy atom. The second-order valence-electron chi connectivity index (χ2n) is 7.12. The van der Waals surface area contributed by atoms with Crippen molar-refractivity contribution in [3.8, 4) is 0 Å². The number of carbonyl (C=O) groups is 1. The third-order valence-electron chi connectivity index (χ3n) is 5.08. The molecule has 1 aliphatic heterocycles. The summed E-state index contributed by atoms with van der Waals surface area (Å²) in [6.07, 6.45) is 0.534. The van der Waals surface area contributed by atoms with Crippen LogP contribution in [0.25, 0.3) is 0 Å². The van der Waals surface area contributed by atoms with Gasteiger partial charge < -0.3 is 4.90 Å². The lowest BCUT2D eigenvalue weighted by molar-refractivity contribution is -0.384. The van der Waals surface area contributed by atoms with Crippen LogP contribution in [0.5, 0.6) is 0 Å². The Hall–Kier alpha value is -2.75. The van der Waals surface area contributed by atoms with Gasteiger partial charge in [0.15, 0.2) is 9.84 Å². The molecule has 1 amide bonds. The van der Waals surface area contributed by atoms with E-state index in [1.54, 1.807) is 17.8 Å². The van der Waals surface area contributed by atoms with E-state index >= 15 is 0 Å².